The molecule has 0 atom stereocenters. The van der Waals surface area contributed by atoms with Gasteiger partial charge in [0.1, 0.15) is 17.0 Å². The number of hydrogen-bond acceptors (Lipinski definition) is 7. The third kappa shape index (κ3) is 4.70. The third-order valence-electron chi connectivity index (χ3n) is 4.62. The second-order valence-electron chi connectivity index (χ2n) is 6.53. The summed E-state index contributed by atoms with van der Waals surface area (Å²) in [5.74, 6) is -2.78. The fourth-order valence-corrected chi connectivity index (χ4v) is 3.49. The SMILES string of the molecule is COC(=O)/C(=C(/O)c1ncccc1O)c1cc(Cl)cc(N2CCOCC2)c1C(F)(F)F. The van der Waals surface area contributed by atoms with Crippen LogP contribution in [0.15, 0.2) is 30.5 Å². The maximum Gasteiger partial charge on any atom is 0.419 e. The molecule has 1 aliphatic heterocycles. The topological polar surface area (TPSA) is 92.1 Å². The fourth-order valence-electron chi connectivity index (χ4n) is 3.28. The lowest BCUT2D eigenvalue weighted by atomic mass is 9.94. The summed E-state index contributed by atoms with van der Waals surface area (Å²) in [6.45, 7) is 0.776. The third-order valence-corrected chi connectivity index (χ3v) is 4.84. The molecule has 1 aromatic carbocycles. The number of methoxy groups -OCH3 is 1. The number of aromatic nitrogens is 1. The molecule has 1 fully saturated rings. The van der Waals surface area contributed by atoms with Crippen molar-refractivity contribution in [3.63, 3.8) is 0 Å². The van der Waals surface area contributed by atoms with Crippen molar-refractivity contribution >= 4 is 34.6 Å². The molecule has 31 heavy (non-hydrogen) atoms. The van der Waals surface area contributed by atoms with Crippen LogP contribution in [-0.2, 0) is 20.4 Å². The first-order valence-electron chi connectivity index (χ1n) is 9.04. The number of halogens is 4. The average molecular weight is 459 g/mol. The van der Waals surface area contributed by atoms with E-state index in [9.17, 15) is 28.2 Å². The molecular weight excluding hydrogens is 441 g/mol. The van der Waals surface area contributed by atoms with E-state index in [4.69, 9.17) is 16.3 Å². The zero-order valence-corrected chi connectivity index (χ0v) is 17.0. The summed E-state index contributed by atoms with van der Waals surface area (Å²) in [4.78, 5) is 17.7. The molecule has 1 aliphatic rings. The van der Waals surface area contributed by atoms with E-state index in [2.05, 4.69) is 9.72 Å². The van der Waals surface area contributed by atoms with Crippen LogP contribution < -0.4 is 4.90 Å². The largest absolute Gasteiger partial charge is 0.506 e. The number of aliphatic hydroxyl groups is 1. The summed E-state index contributed by atoms with van der Waals surface area (Å²) in [6, 6.07) is 4.57. The van der Waals surface area contributed by atoms with Crippen molar-refractivity contribution in [1.82, 2.24) is 4.98 Å². The first-order valence-corrected chi connectivity index (χ1v) is 9.42. The Morgan fingerprint density at radius 2 is 1.97 bits per heavy atom. The minimum absolute atomic E-state index is 0.0936. The number of carbonyl (C=O) groups is 1. The van der Waals surface area contributed by atoms with E-state index in [1.807, 2.05) is 0 Å². The molecule has 0 spiro atoms. The van der Waals surface area contributed by atoms with Crippen molar-refractivity contribution in [2.45, 2.75) is 6.18 Å². The Bertz CT molecular complexity index is 1020. The number of benzene rings is 1. The number of aromatic hydroxyl groups is 1. The zero-order chi connectivity index (χ0) is 22.8. The lowest BCUT2D eigenvalue weighted by molar-refractivity contribution is -0.137. The molecule has 166 valence electrons. The molecule has 2 aromatic rings. The Morgan fingerprint density at radius 1 is 1.29 bits per heavy atom. The van der Waals surface area contributed by atoms with Gasteiger partial charge in [0.25, 0.3) is 0 Å². The van der Waals surface area contributed by atoms with E-state index in [0.717, 1.165) is 25.3 Å². The van der Waals surface area contributed by atoms with Gasteiger partial charge in [-0.15, -0.1) is 0 Å². The van der Waals surface area contributed by atoms with Gasteiger partial charge in [-0.3, -0.25) is 0 Å². The van der Waals surface area contributed by atoms with Crippen LogP contribution in [0, 0.1) is 0 Å². The molecular formula is C20H18ClF3N2O5. The molecule has 0 radical (unpaired) electrons. The summed E-state index contributed by atoms with van der Waals surface area (Å²) < 4.78 is 52.6. The molecule has 0 bridgehead atoms. The summed E-state index contributed by atoms with van der Waals surface area (Å²) in [5.41, 5.74) is -3.46. The van der Waals surface area contributed by atoms with Crippen LogP contribution in [0.5, 0.6) is 5.75 Å². The van der Waals surface area contributed by atoms with Crippen molar-refractivity contribution in [1.29, 1.82) is 0 Å². The summed E-state index contributed by atoms with van der Waals surface area (Å²) in [5, 5.41) is 20.6. The monoisotopic (exact) mass is 458 g/mol. The second-order valence-corrected chi connectivity index (χ2v) is 6.97. The Balaban J connectivity index is 2.36. The van der Waals surface area contributed by atoms with Crippen LogP contribution in [0.1, 0.15) is 16.8 Å². The van der Waals surface area contributed by atoms with Crippen molar-refractivity contribution in [3.05, 3.63) is 52.3 Å². The maximum absolute atomic E-state index is 14.2. The van der Waals surface area contributed by atoms with E-state index >= 15 is 0 Å². The predicted molar refractivity (Wildman–Crippen MR) is 107 cm³/mol. The number of anilines is 1. The normalized spacial score (nSPS) is 15.5. The van der Waals surface area contributed by atoms with Crippen LogP contribution in [0.2, 0.25) is 5.02 Å². The summed E-state index contributed by atoms with van der Waals surface area (Å²) in [7, 11) is 0.953. The van der Waals surface area contributed by atoms with Gasteiger partial charge in [-0.05, 0) is 24.3 Å². The highest BCUT2D eigenvalue weighted by Gasteiger charge is 2.41. The van der Waals surface area contributed by atoms with Crippen molar-refractivity contribution < 1.29 is 37.7 Å². The van der Waals surface area contributed by atoms with Crippen LogP contribution in [-0.4, -0.2) is 54.6 Å². The zero-order valence-electron chi connectivity index (χ0n) is 16.2. The van der Waals surface area contributed by atoms with Crippen LogP contribution in [0.25, 0.3) is 11.3 Å². The highest BCUT2D eigenvalue weighted by Crippen LogP contribution is 2.45. The van der Waals surface area contributed by atoms with Gasteiger partial charge in [-0.1, -0.05) is 11.6 Å². The van der Waals surface area contributed by atoms with Crippen LogP contribution in [0.3, 0.4) is 0 Å². The number of hydrogen-bond donors (Lipinski definition) is 2. The minimum atomic E-state index is -4.92. The second kappa shape index (κ2) is 9.03. The summed E-state index contributed by atoms with van der Waals surface area (Å²) in [6.07, 6.45) is -3.72. The molecule has 0 unspecified atom stereocenters. The van der Waals surface area contributed by atoms with E-state index in [1.54, 1.807) is 0 Å². The van der Waals surface area contributed by atoms with Gasteiger partial charge in [0, 0.05) is 29.9 Å². The first-order chi connectivity index (χ1) is 14.6. The Hall–Kier alpha value is -2.98. The maximum atomic E-state index is 14.2. The lowest BCUT2D eigenvalue weighted by Crippen LogP contribution is -2.37. The molecule has 11 heteroatoms. The average Bonchev–Trinajstić information content (AvgIpc) is 2.73. The van der Waals surface area contributed by atoms with E-state index in [0.29, 0.717) is 0 Å². The fraction of sp³-hybridized carbons (Fsp3) is 0.300. The van der Waals surface area contributed by atoms with E-state index in [1.165, 1.54) is 17.2 Å². The molecule has 2 heterocycles. The van der Waals surface area contributed by atoms with Gasteiger partial charge in [0.2, 0.25) is 0 Å². The molecule has 1 saturated heterocycles. The van der Waals surface area contributed by atoms with Crippen molar-refractivity contribution in [3.8, 4) is 5.75 Å². The number of ether oxygens (including phenoxy) is 2. The minimum Gasteiger partial charge on any atom is -0.506 e. The standard InChI is InChI=1S/C20H18ClF3N2O5/c1-30-19(29)15(18(28)17-14(27)3-2-4-25-17)12-9-11(21)10-13(16(12)20(22,23)24)26-5-7-31-8-6-26/h2-4,9-10,27-28H,5-8H2,1H3/b18-15+. The van der Waals surface area contributed by atoms with E-state index < -0.39 is 46.0 Å². The van der Waals surface area contributed by atoms with Gasteiger partial charge in [-0.2, -0.15) is 13.2 Å². The Morgan fingerprint density at radius 3 is 2.55 bits per heavy atom. The number of alkyl halides is 3. The number of esters is 1. The molecule has 1 aromatic heterocycles. The smallest absolute Gasteiger partial charge is 0.419 e. The van der Waals surface area contributed by atoms with Gasteiger partial charge in [-0.25, -0.2) is 9.78 Å². The van der Waals surface area contributed by atoms with Gasteiger partial charge in [0.05, 0.1) is 31.6 Å². The van der Waals surface area contributed by atoms with E-state index in [-0.39, 0.29) is 37.0 Å². The number of rotatable bonds is 4. The number of aliphatic hydroxyl groups excluding tert-OH is 1. The number of nitrogens with zero attached hydrogens (tertiary/aromatic N) is 2. The molecule has 0 amide bonds. The van der Waals surface area contributed by atoms with Gasteiger partial charge >= 0.3 is 12.1 Å². The Kier molecular flexibility index (Phi) is 6.61. The first kappa shape index (κ1) is 22.7. The number of carbonyl (C=O) groups excluding carboxylic acids is 1. The molecule has 7 nitrogen and oxygen atoms in total. The lowest BCUT2D eigenvalue weighted by Gasteiger charge is -2.32. The number of pyridine rings is 1. The highest BCUT2D eigenvalue weighted by molar-refractivity contribution is 6.32. The molecule has 0 aliphatic carbocycles. The Labute approximate surface area is 180 Å². The molecule has 0 saturated carbocycles. The molecule has 2 N–H and O–H groups in total. The quantitative estimate of drug-likeness (QED) is 0.408. The molecule has 3 rings (SSSR count). The van der Waals surface area contributed by atoms with Crippen LogP contribution >= 0.6 is 11.6 Å². The predicted octanol–water partition coefficient (Wildman–Crippen LogP) is 3.90. The van der Waals surface area contributed by atoms with Gasteiger partial charge < -0.3 is 24.6 Å². The highest BCUT2D eigenvalue weighted by atomic mass is 35.5. The number of morpholine rings is 1. The van der Waals surface area contributed by atoms with Gasteiger partial charge in [0.15, 0.2) is 5.76 Å². The summed E-state index contributed by atoms with van der Waals surface area (Å²) >= 11 is 6.12. The van der Waals surface area contributed by atoms with Crippen molar-refractivity contribution in [2.75, 3.05) is 38.3 Å². The van der Waals surface area contributed by atoms with Crippen LogP contribution in [0.4, 0.5) is 18.9 Å². The van der Waals surface area contributed by atoms with Crippen molar-refractivity contribution in [2.24, 2.45) is 0 Å².